The molecule has 178 valence electrons. The summed E-state index contributed by atoms with van der Waals surface area (Å²) in [7, 11) is 0. The zero-order chi connectivity index (χ0) is 24.9. The fourth-order valence-corrected chi connectivity index (χ4v) is 3.70. The molecule has 5 aromatic rings. The molecule has 1 N–H and O–H groups in total. The van der Waals surface area contributed by atoms with E-state index in [1.807, 2.05) is 54.6 Å². The maximum absolute atomic E-state index is 13.5. The Morgan fingerprint density at radius 1 is 1.03 bits per heavy atom. The van der Waals surface area contributed by atoms with Gasteiger partial charge in [0.05, 0.1) is 11.9 Å². The first-order chi connectivity index (χ1) is 17.6. The maximum Gasteiger partial charge on any atom is 0.280 e. The van der Waals surface area contributed by atoms with Gasteiger partial charge in [0.1, 0.15) is 22.8 Å². The van der Waals surface area contributed by atoms with E-state index in [0.717, 1.165) is 16.6 Å². The summed E-state index contributed by atoms with van der Waals surface area (Å²) in [6.45, 7) is 1.64. The first kappa shape index (κ1) is 22.9. The topological polar surface area (TPSA) is 81.4 Å². The minimum Gasteiger partial charge on any atom is -0.479 e. The van der Waals surface area contributed by atoms with Crippen molar-refractivity contribution in [2.45, 2.75) is 13.0 Å². The predicted molar refractivity (Wildman–Crippen MR) is 137 cm³/mol. The van der Waals surface area contributed by atoms with E-state index < -0.39 is 12.0 Å². The molecule has 0 bridgehead atoms. The molecule has 0 aliphatic heterocycles. The monoisotopic (exact) mass is 479 g/mol. The number of aromatic nitrogens is 3. The second kappa shape index (κ2) is 10.2. The molecule has 8 heteroatoms. The number of hydrazone groups is 1. The van der Waals surface area contributed by atoms with Crippen molar-refractivity contribution in [2.24, 2.45) is 5.10 Å². The Hall–Kier alpha value is -4.85. The van der Waals surface area contributed by atoms with Crippen molar-refractivity contribution in [3.8, 4) is 22.7 Å². The highest BCUT2D eigenvalue weighted by Crippen LogP contribution is 2.25. The van der Waals surface area contributed by atoms with Crippen LogP contribution < -0.4 is 10.2 Å². The van der Waals surface area contributed by atoms with Gasteiger partial charge in [0, 0.05) is 28.9 Å². The Labute approximate surface area is 206 Å². The first-order valence-corrected chi connectivity index (χ1v) is 11.3. The molecular formula is C28H22FN5O2. The predicted octanol–water partition coefficient (Wildman–Crippen LogP) is 5.14. The van der Waals surface area contributed by atoms with Crippen LogP contribution in [0.15, 0.2) is 102 Å². The van der Waals surface area contributed by atoms with Gasteiger partial charge in [-0.1, -0.05) is 36.4 Å². The Balaban J connectivity index is 1.34. The van der Waals surface area contributed by atoms with Gasteiger partial charge < -0.3 is 4.74 Å². The number of hydrogen-bond acceptors (Lipinski definition) is 5. The van der Waals surface area contributed by atoms with Gasteiger partial charge in [-0.2, -0.15) is 10.2 Å². The number of carbonyl (C=O) groups is 1. The molecule has 7 nitrogen and oxygen atoms in total. The summed E-state index contributed by atoms with van der Waals surface area (Å²) < 4.78 is 21.0. The lowest BCUT2D eigenvalue weighted by molar-refractivity contribution is -0.127. The average molecular weight is 480 g/mol. The molecule has 2 aromatic heterocycles. The molecule has 5 rings (SSSR count). The van der Waals surface area contributed by atoms with Crippen molar-refractivity contribution < 1.29 is 13.9 Å². The number of carbonyl (C=O) groups excluding carboxylic acids is 1. The molecule has 0 radical (unpaired) electrons. The highest BCUT2D eigenvalue weighted by molar-refractivity contribution is 5.90. The van der Waals surface area contributed by atoms with E-state index in [2.05, 4.69) is 20.6 Å². The number of rotatable bonds is 7. The number of nitrogens with one attached hydrogen (secondary N) is 1. The third-order valence-corrected chi connectivity index (χ3v) is 5.53. The quantitative estimate of drug-likeness (QED) is 0.259. The SMILES string of the molecule is C[C@@H](Oc1cccc2cccnc12)C(=O)N/N=C\c1cn(-c2ccccc2)nc1-c1ccc(F)cc1. The third-order valence-electron chi connectivity index (χ3n) is 5.53. The molecule has 0 unspecified atom stereocenters. The van der Waals surface area contributed by atoms with Gasteiger partial charge in [0.25, 0.3) is 5.91 Å². The summed E-state index contributed by atoms with van der Waals surface area (Å²) in [6.07, 6.45) is 4.18. The molecule has 2 heterocycles. The molecule has 1 amide bonds. The molecule has 1 atom stereocenters. The lowest BCUT2D eigenvalue weighted by Gasteiger charge is -2.14. The molecule has 0 aliphatic rings. The van der Waals surface area contributed by atoms with Crippen LogP contribution in [0.2, 0.25) is 0 Å². The highest BCUT2D eigenvalue weighted by Gasteiger charge is 2.16. The molecule has 0 aliphatic carbocycles. The summed E-state index contributed by atoms with van der Waals surface area (Å²) in [5, 5.41) is 9.71. The largest absolute Gasteiger partial charge is 0.479 e. The molecule has 0 fully saturated rings. The number of hydrogen-bond donors (Lipinski definition) is 1. The van der Waals surface area contributed by atoms with Crippen molar-refractivity contribution in [3.05, 3.63) is 109 Å². The van der Waals surface area contributed by atoms with Crippen molar-refractivity contribution in [3.63, 3.8) is 0 Å². The Morgan fingerprint density at radius 2 is 1.81 bits per heavy atom. The minimum atomic E-state index is -0.807. The van der Waals surface area contributed by atoms with E-state index in [-0.39, 0.29) is 5.82 Å². The van der Waals surface area contributed by atoms with Crippen LogP contribution in [0.1, 0.15) is 12.5 Å². The van der Waals surface area contributed by atoms with E-state index in [0.29, 0.717) is 22.5 Å². The Morgan fingerprint density at radius 3 is 2.61 bits per heavy atom. The van der Waals surface area contributed by atoms with E-state index >= 15 is 0 Å². The maximum atomic E-state index is 13.5. The van der Waals surface area contributed by atoms with Gasteiger partial charge in [0.15, 0.2) is 6.10 Å². The number of fused-ring (bicyclic) bond motifs is 1. The van der Waals surface area contributed by atoms with Crippen LogP contribution in [0, 0.1) is 5.82 Å². The van der Waals surface area contributed by atoms with Crippen LogP contribution in [0.5, 0.6) is 5.75 Å². The van der Waals surface area contributed by atoms with Gasteiger partial charge in [0.2, 0.25) is 0 Å². The van der Waals surface area contributed by atoms with E-state index in [9.17, 15) is 9.18 Å². The third kappa shape index (κ3) is 4.97. The van der Waals surface area contributed by atoms with Gasteiger partial charge >= 0.3 is 0 Å². The van der Waals surface area contributed by atoms with Crippen molar-refractivity contribution in [1.29, 1.82) is 0 Å². The normalized spacial score (nSPS) is 12.1. The summed E-state index contributed by atoms with van der Waals surface area (Å²) in [6, 6.07) is 25.0. The highest BCUT2D eigenvalue weighted by atomic mass is 19.1. The standard InChI is InChI=1S/C28H22FN5O2/c1-19(36-25-11-5-7-20-8-6-16-30-27(20)25)28(35)32-31-17-22-18-34(24-9-3-2-4-10-24)33-26(22)21-12-14-23(29)15-13-21/h2-19H,1H3,(H,32,35)/b31-17-/t19-/m1/s1. The Kier molecular flexibility index (Phi) is 6.48. The second-order valence-corrected chi connectivity index (χ2v) is 8.05. The zero-order valence-electron chi connectivity index (χ0n) is 19.4. The lowest BCUT2D eigenvalue weighted by Crippen LogP contribution is -2.33. The number of ether oxygens (including phenoxy) is 1. The minimum absolute atomic E-state index is 0.334. The number of benzene rings is 3. The van der Waals surface area contributed by atoms with Crippen LogP contribution >= 0.6 is 0 Å². The summed E-state index contributed by atoms with van der Waals surface area (Å²) in [5.74, 6) is -0.237. The van der Waals surface area contributed by atoms with Gasteiger partial charge in [-0.3, -0.25) is 9.78 Å². The van der Waals surface area contributed by atoms with Crippen molar-refractivity contribution in [1.82, 2.24) is 20.2 Å². The smallest absolute Gasteiger partial charge is 0.280 e. The van der Waals surface area contributed by atoms with Crippen LogP contribution in [0.3, 0.4) is 0 Å². The molecule has 36 heavy (non-hydrogen) atoms. The number of halogens is 1. The fraction of sp³-hybridized carbons (Fsp3) is 0.0714. The van der Waals surface area contributed by atoms with E-state index in [1.165, 1.54) is 18.3 Å². The van der Waals surface area contributed by atoms with Gasteiger partial charge in [-0.15, -0.1) is 0 Å². The van der Waals surface area contributed by atoms with Crippen molar-refractivity contribution in [2.75, 3.05) is 0 Å². The second-order valence-electron chi connectivity index (χ2n) is 8.05. The fourth-order valence-electron chi connectivity index (χ4n) is 3.70. The van der Waals surface area contributed by atoms with E-state index in [4.69, 9.17) is 4.74 Å². The van der Waals surface area contributed by atoms with Crippen LogP contribution in [-0.2, 0) is 4.79 Å². The molecule has 3 aromatic carbocycles. The summed E-state index contributed by atoms with van der Waals surface area (Å²) in [5.41, 5.74) is 6.03. The van der Waals surface area contributed by atoms with Crippen LogP contribution in [0.4, 0.5) is 4.39 Å². The zero-order valence-corrected chi connectivity index (χ0v) is 19.4. The number of pyridine rings is 1. The average Bonchev–Trinajstić information content (AvgIpc) is 3.34. The summed E-state index contributed by atoms with van der Waals surface area (Å²) >= 11 is 0. The number of amides is 1. The first-order valence-electron chi connectivity index (χ1n) is 11.3. The molecule has 0 saturated carbocycles. The summed E-state index contributed by atoms with van der Waals surface area (Å²) in [4.78, 5) is 17.0. The number of nitrogens with zero attached hydrogens (tertiary/aromatic N) is 4. The van der Waals surface area contributed by atoms with Crippen LogP contribution in [-0.4, -0.2) is 33.0 Å². The van der Waals surface area contributed by atoms with Gasteiger partial charge in [-0.05, 0) is 55.5 Å². The molecule has 0 saturated heterocycles. The molecule has 0 spiro atoms. The lowest BCUT2D eigenvalue weighted by atomic mass is 10.1. The van der Waals surface area contributed by atoms with Crippen LogP contribution in [0.25, 0.3) is 27.8 Å². The van der Waals surface area contributed by atoms with E-state index in [1.54, 1.807) is 42.2 Å². The van der Waals surface area contributed by atoms with Gasteiger partial charge in [-0.25, -0.2) is 14.5 Å². The van der Waals surface area contributed by atoms with Crippen molar-refractivity contribution >= 4 is 23.0 Å². The molecular weight excluding hydrogens is 457 g/mol. The Bertz CT molecular complexity index is 1530. The number of para-hydroxylation sites is 2.